The molecule has 0 amide bonds. The lowest BCUT2D eigenvalue weighted by Crippen LogP contribution is -2.32. The third-order valence-corrected chi connectivity index (χ3v) is 5.67. The molecule has 0 saturated heterocycles. The maximum Gasteiger partial charge on any atom is 0.153 e. The molecule has 2 nitrogen and oxygen atoms in total. The second-order valence-electron chi connectivity index (χ2n) is 3.26. The quantitative estimate of drug-likeness (QED) is 0.467. The van der Waals surface area contributed by atoms with Crippen LogP contribution in [-0.4, -0.2) is 29.9 Å². The molecule has 0 aromatic carbocycles. The predicted molar refractivity (Wildman–Crippen MR) is 66.9 cm³/mol. The Morgan fingerprint density at radius 2 is 1.42 bits per heavy atom. The summed E-state index contributed by atoms with van der Waals surface area (Å²) < 4.78 is 6.67. The van der Waals surface area contributed by atoms with Crippen LogP contribution >= 0.6 is 0 Å². The van der Waals surface area contributed by atoms with Crippen LogP contribution in [-0.2, 0) is 0 Å². The molecule has 0 radical (unpaired) electrons. The first-order valence-electron chi connectivity index (χ1n) is 5.27. The molecule has 0 aromatic rings. The van der Waals surface area contributed by atoms with Crippen molar-refractivity contribution in [2.24, 2.45) is 0 Å². The number of hydrogen-bond acceptors (Lipinski definition) is 2. The van der Waals surface area contributed by atoms with Gasteiger partial charge >= 0.3 is 0 Å². The van der Waals surface area contributed by atoms with Gasteiger partial charge in [-0.15, -0.1) is 0 Å². The van der Waals surface area contributed by atoms with Crippen LogP contribution in [0.1, 0.15) is 38.5 Å². The van der Waals surface area contributed by atoms with E-state index in [2.05, 4.69) is 15.8 Å². The van der Waals surface area contributed by atoms with Gasteiger partial charge in [0.05, 0.1) is 20.1 Å². The maximum absolute atomic E-state index is 3.40. The first-order chi connectivity index (χ1) is 5.91. The molecule has 0 atom stereocenters. The summed E-state index contributed by atoms with van der Waals surface area (Å²) in [6.07, 6.45) is 9.00. The Morgan fingerprint density at radius 1 is 1.00 bits per heavy atom. The molecule has 2 aliphatic rings. The summed E-state index contributed by atoms with van der Waals surface area (Å²) in [5, 5.41) is 0. The minimum atomic E-state index is 0.0451. The largest absolute Gasteiger partial charge is 0.360 e. The van der Waals surface area contributed by atoms with E-state index in [0.717, 1.165) is 0 Å². The van der Waals surface area contributed by atoms with Crippen LogP contribution < -0.4 is 9.30 Å². The normalized spacial score (nSPS) is 18.8. The van der Waals surface area contributed by atoms with Gasteiger partial charge in [0.2, 0.25) is 0 Å². The molecule has 2 aliphatic carbocycles. The van der Waals surface area contributed by atoms with E-state index >= 15 is 0 Å². The van der Waals surface area contributed by atoms with E-state index in [4.69, 9.17) is 0 Å². The molecule has 0 heterocycles. The third kappa shape index (κ3) is 31.2. The first-order valence-corrected chi connectivity index (χ1v) is 9.80. The fraction of sp³-hybridized carbons (Fsp3) is 1.00. The van der Waals surface area contributed by atoms with Crippen molar-refractivity contribution in [3.8, 4) is 0 Å². The van der Waals surface area contributed by atoms with Gasteiger partial charge in [0.25, 0.3) is 0 Å². The van der Waals surface area contributed by atoms with Crippen molar-refractivity contribution in [1.82, 2.24) is 9.30 Å². The van der Waals surface area contributed by atoms with Crippen LogP contribution in [0.25, 0.3) is 0 Å². The lowest BCUT2D eigenvalue weighted by molar-refractivity contribution is 1.45. The fourth-order valence-corrected chi connectivity index (χ4v) is 4.50. The molecule has 0 bridgehead atoms. The zero-order valence-electron chi connectivity index (χ0n) is 8.66. The zero-order valence-corrected chi connectivity index (χ0v) is 13.5. The van der Waals surface area contributed by atoms with E-state index < -0.39 is 0 Å². The Balaban J connectivity index is 0.000000165. The predicted octanol–water partition coefficient (Wildman–Crippen LogP) is -1.08. The molecule has 0 aromatic heterocycles. The van der Waals surface area contributed by atoms with Gasteiger partial charge in [-0.05, 0) is 0 Å². The highest BCUT2D eigenvalue weighted by Crippen LogP contribution is 2.15. The van der Waals surface area contributed by atoms with E-state index in [0.29, 0.717) is 0 Å². The van der Waals surface area contributed by atoms with E-state index in [9.17, 15) is 0 Å². The molecule has 74 valence electrons. The average Bonchev–Trinajstić information content (AvgIpc) is 2.99. The van der Waals surface area contributed by atoms with E-state index in [1.165, 1.54) is 48.9 Å². The Bertz CT molecular complexity index is 63.5. The molecular weight excluding hydrogens is 196 g/mol. The Kier molecular flexibility index (Phi) is 12.1. The molecule has 0 spiro atoms. The summed E-state index contributed by atoms with van der Waals surface area (Å²) >= 11 is 0. The molecular formula is C7H24N2Si3. The lowest BCUT2D eigenvalue weighted by Gasteiger charge is -1.92. The molecule has 0 unspecified atom stereocenters. The van der Waals surface area contributed by atoms with Gasteiger partial charge in [0.15, 0.2) is 9.84 Å². The molecule has 12 heavy (non-hydrogen) atoms. The average molecular weight is 221 g/mol. The second-order valence-corrected chi connectivity index (χ2v) is 9.14. The summed E-state index contributed by atoms with van der Waals surface area (Å²) in [5.41, 5.74) is 0. The summed E-state index contributed by atoms with van der Waals surface area (Å²) in [5.74, 6) is 0. The van der Waals surface area contributed by atoms with Crippen LogP contribution in [0.5, 0.6) is 0 Å². The number of hydrogen-bond donors (Lipinski definition) is 2. The van der Waals surface area contributed by atoms with E-state index in [1.54, 1.807) is 0 Å². The van der Waals surface area contributed by atoms with Gasteiger partial charge < -0.3 is 9.30 Å². The van der Waals surface area contributed by atoms with Crippen molar-refractivity contribution in [2.45, 2.75) is 45.1 Å². The van der Waals surface area contributed by atoms with Crippen LogP contribution in [0.4, 0.5) is 0 Å². The van der Waals surface area contributed by atoms with E-state index in [-0.39, 0.29) is 19.5 Å². The fourth-order valence-electron chi connectivity index (χ4n) is 0.250. The molecule has 2 saturated carbocycles. The van der Waals surface area contributed by atoms with Gasteiger partial charge in [0, 0.05) is 0 Å². The highest BCUT2D eigenvalue weighted by Gasteiger charge is 1.95. The topological polar surface area (TPSA) is 24.1 Å². The molecule has 2 N–H and O–H groups in total. The number of nitrogens with one attached hydrogen (secondary N) is 2. The van der Waals surface area contributed by atoms with E-state index in [1.807, 2.05) is 0 Å². The van der Waals surface area contributed by atoms with Crippen LogP contribution in [0, 0.1) is 0 Å². The minimum Gasteiger partial charge on any atom is -0.360 e. The van der Waals surface area contributed by atoms with Crippen LogP contribution in [0.15, 0.2) is 0 Å². The Hall–Kier alpha value is 0.571. The molecule has 2 fully saturated rings. The van der Waals surface area contributed by atoms with Crippen molar-refractivity contribution in [1.29, 1.82) is 0 Å². The molecule has 2 rings (SSSR count). The van der Waals surface area contributed by atoms with Crippen molar-refractivity contribution in [3.63, 3.8) is 0 Å². The smallest absolute Gasteiger partial charge is 0.153 e. The molecule has 5 heteroatoms. The maximum atomic E-state index is 3.40. The SMILES string of the molecule is C1CC1.C1CC1.C[SiH2]N[SiH2]N[SiH3]. The second kappa shape index (κ2) is 11.6. The van der Waals surface area contributed by atoms with Gasteiger partial charge in [-0.25, -0.2) is 0 Å². The minimum absolute atomic E-state index is 0.0451. The van der Waals surface area contributed by atoms with Gasteiger partial charge in [0.1, 0.15) is 0 Å². The van der Waals surface area contributed by atoms with Crippen LogP contribution in [0.2, 0.25) is 6.55 Å². The molecule has 0 aliphatic heterocycles. The van der Waals surface area contributed by atoms with Crippen molar-refractivity contribution >= 4 is 29.9 Å². The van der Waals surface area contributed by atoms with Crippen LogP contribution in [0.3, 0.4) is 0 Å². The highest BCUT2D eigenvalue weighted by atomic mass is 28.3. The standard InChI is InChI=1S/2C3H6.CH12N2Si3/c2*1-2-3-1;1-5-3-6-2-4/h2*1-3H2;2-3H,5-6H2,1,4H3. The summed E-state index contributed by atoms with van der Waals surface area (Å²) in [4.78, 5) is 0. The van der Waals surface area contributed by atoms with Gasteiger partial charge in [-0.1, -0.05) is 45.1 Å². The highest BCUT2D eigenvalue weighted by molar-refractivity contribution is 6.52. The Morgan fingerprint density at radius 3 is 1.50 bits per heavy atom. The number of rotatable bonds is 3. The Labute approximate surface area is 84.7 Å². The lowest BCUT2D eigenvalue weighted by atomic mass is 11.0. The first kappa shape index (κ1) is 12.6. The zero-order chi connectivity index (χ0) is 9.07. The summed E-state index contributed by atoms with van der Waals surface area (Å²) in [7, 11) is 1.39. The van der Waals surface area contributed by atoms with Crippen molar-refractivity contribution in [3.05, 3.63) is 0 Å². The summed E-state index contributed by atoms with van der Waals surface area (Å²) in [6, 6.07) is 0. The monoisotopic (exact) mass is 220 g/mol. The summed E-state index contributed by atoms with van der Waals surface area (Å²) in [6.45, 7) is 2.27. The van der Waals surface area contributed by atoms with Gasteiger partial charge in [-0.3, -0.25) is 0 Å². The van der Waals surface area contributed by atoms with Gasteiger partial charge in [-0.2, -0.15) is 0 Å². The third-order valence-electron chi connectivity index (χ3n) is 1.26. The van der Waals surface area contributed by atoms with Crippen molar-refractivity contribution < 1.29 is 0 Å². The van der Waals surface area contributed by atoms with Crippen molar-refractivity contribution in [2.75, 3.05) is 0 Å².